The van der Waals surface area contributed by atoms with Crippen molar-refractivity contribution in [3.8, 4) is 0 Å². The Balaban J connectivity index is 1.77. The van der Waals surface area contributed by atoms with Gasteiger partial charge in [0.1, 0.15) is 0 Å². The molecule has 7 nitrogen and oxygen atoms in total. The molecule has 0 radical (unpaired) electrons. The number of anilines is 2. The summed E-state index contributed by atoms with van der Waals surface area (Å²) in [6.45, 7) is 3.57. The molecule has 8 heteroatoms. The summed E-state index contributed by atoms with van der Waals surface area (Å²) in [6, 6.07) is 11.6. The monoisotopic (exact) mass is 400 g/mol. The molecule has 0 saturated carbocycles. The van der Waals surface area contributed by atoms with E-state index in [2.05, 4.69) is 5.32 Å². The van der Waals surface area contributed by atoms with Crippen molar-refractivity contribution in [2.45, 2.75) is 36.5 Å². The highest BCUT2D eigenvalue weighted by atomic mass is 32.2. The van der Waals surface area contributed by atoms with Gasteiger partial charge in [-0.15, -0.1) is 0 Å². The zero-order valence-electron chi connectivity index (χ0n) is 15.5. The maximum Gasteiger partial charge on any atom is 0.304 e. The molecule has 0 aliphatic carbocycles. The van der Waals surface area contributed by atoms with E-state index in [9.17, 15) is 23.1 Å². The minimum absolute atomic E-state index is 0.0750. The maximum absolute atomic E-state index is 13.4. The summed E-state index contributed by atoms with van der Waals surface area (Å²) in [6.07, 6.45) is -0.140. The van der Waals surface area contributed by atoms with E-state index in [1.54, 1.807) is 44.2 Å². The van der Waals surface area contributed by atoms with Crippen LogP contribution in [0.15, 0.2) is 47.4 Å². The summed E-state index contributed by atoms with van der Waals surface area (Å²) in [5.41, 5.74) is 1.64. The van der Waals surface area contributed by atoms with Gasteiger partial charge in [-0.05, 0) is 49.2 Å². The fraction of sp³-hybridized carbons (Fsp3) is 0.300. The molecule has 1 amide bonds. The fourth-order valence-electron chi connectivity index (χ4n) is 3.91. The van der Waals surface area contributed by atoms with E-state index in [0.29, 0.717) is 22.5 Å². The third kappa shape index (κ3) is 2.67. The summed E-state index contributed by atoms with van der Waals surface area (Å²) < 4.78 is 28.1. The second-order valence-electron chi connectivity index (χ2n) is 7.68. The molecule has 28 heavy (non-hydrogen) atoms. The van der Waals surface area contributed by atoms with Gasteiger partial charge in [-0.3, -0.25) is 13.9 Å². The molecular weight excluding hydrogens is 380 g/mol. The maximum atomic E-state index is 13.4. The van der Waals surface area contributed by atoms with Crippen LogP contribution in [0.1, 0.15) is 37.3 Å². The Hall–Kier alpha value is -2.87. The molecule has 2 aromatic rings. The van der Waals surface area contributed by atoms with Crippen LogP contribution in [0.3, 0.4) is 0 Å². The zero-order chi connectivity index (χ0) is 20.3. The Bertz CT molecular complexity index is 1110. The first kappa shape index (κ1) is 18.5. The molecule has 1 atom stereocenters. The third-order valence-electron chi connectivity index (χ3n) is 5.52. The summed E-state index contributed by atoms with van der Waals surface area (Å²) in [5, 5.41) is 12.0. The van der Waals surface area contributed by atoms with Crippen molar-refractivity contribution < 1.29 is 23.1 Å². The Morgan fingerprint density at radius 3 is 2.68 bits per heavy atom. The first-order chi connectivity index (χ1) is 13.1. The zero-order valence-corrected chi connectivity index (χ0v) is 16.3. The molecule has 146 valence electrons. The van der Waals surface area contributed by atoms with Crippen LogP contribution in [0.5, 0.6) is 0 Å². The molecule has 2 aliphatic heterocycles. The number of carbonyl (C=O) groups is 2. The van der Waals surface area contributed by atoms with Gasteiger partial charge in [0.25, 0.3) is 10.0 Å². The predicted molar refractivity (Wildman–Crippen MR) is 104 cm³/mol. The number of hydrogen-bond acceptors (Lipinski definition) is 4. The number of carboxylic acid groups (broad SMARTS) is 1. The molecule has 0 fully saturated rings. The highest BCUT2D eigenvalue weighted by molar-refractivity contribution is 7.92. The molecule has 1 unspecified atom stereocenters. The lowest BCUT2D eigenvalue weighted by atomic mass is 9.86. The second kappa shape index (κ2) is 6.07. The van der Waals surface area contributed by atoms with Crippen molar-refractivity contribution in [1.29, 1.82) is 0 Å². The van der Waals surface area contributed by atoms with Gasteiger partial charge in [0, 0.05) is 18.2 Å². The van der Waals surface area contributed by atoms with Crippen LogP contribution >= 0.6 is 0 Å². The number of sulfonamides is 1. The summed E-state index contributed by atoms with van der Waals surface area (Å²) in [4.78, 5) is 23.5. The Labute approximate surface area is 163 Å². The number of hydrogen-bond donors (Lipinski definition) is 2. The van der Waals surface area contributed by atoms with E-state index in [1.165, 1.54) is 16.4 Å². The van der Waals surface area contributed by atoms with Gasteiger partial charge in [-0.2, -0.15) is 0 Å². The van der Waals surface area contributed by atoms with E-state index in [4.69, 9.17) is 0 Å². The SMILES string of the molecule is CC1(C)C(=O)Nc2ccc(S(=O)(=O)N3CC(CC(=O)O)c4ccccc43)cc21. The minimum Gasteiger partial charge on any atom is -0.481 e. The van der Waals surface area contributed by atoms with Gasteiger partial charge in [-0.1, -0.05) is 18.2 Å². The number of carbonyl (C=O) groups excluding carboxylic acids is 1. The molecule has 4 rings (SSSR count). The van der Waals surface area contributed by atoms with Crippen LogP contribution in [-0.2, 0) is 25.0 Å². The first-order valence-electron chi connectivity index (χ1n) is 8.92. The molecule has 0 aromatic heterocycles. The topological polar surface area (TPSA) is 104 Å². The smallest absolute Gasteiger partial charge is 0.304 e. The van der Waals surface area contributed by atoms with Crippen molar-refractivity contribution in [2.24, 2.45) is 0 Å². The van der Waals surface area contributed by atoms with Gasteiger partial charge >= 0.3 is 5.97 Å². The van der Waals surface area contributed by atoms with Crippen molar-refractivity contribution >= 4 is 33.3 Å². The summed E-state index contributed by atoms with van der Waals surface area (Å²) >= 11 is 0. The largest absolute Gasteiger partial charge is 0.481 e. The lowest BCUT2D eigenvalue weighted by molar-refractivity contribution is -0.137. The molecule has 2 aromatic carbocycles. The summed E-state index contributed by atoms with van der Waals surface area (Å²) in [5.74, 6) is -1.55. The van der Waals surface area contributed by atoms with Gasteiger partial charge in [-0.25, -0.2) is 8.42 Å². The number of para-hydroxylation sites is 1. The van der Waals surface area contributed by atoms with Crippen LogP contribution in [0, 0.1) is 0 Å². The quantitative estimate of drug-likeness (QED) is 0.821. The number of carboxylic acids is 1. The first-order valence-corrected chi connectivity index (χ1v) is 10.4. The standard InChI is InChI=1S/C20H20N2O5S/c1-20(2)15-10-13(7-8-16(15)21-19(20)25)28(26,27)22-11-12(9-18(23)24)14-5-3-4-6-17(14)22/h3-8,10,12H,9,11H2,1-2H3,(H,21,25)(H,23,24). The van der Waals surface area contributed by atoms with Gasteiger partial charge < -0.3 is 10.4 Å². The van der Waals surface area contributed by atoms with Crippen molar-refractivity contribution in [3.63, 3.8) is 0 Å². The van der Waals surface area contributed by atoms with Crippen LogP contribution in [-0.4, -0.2) is 31.9 Å². The van der Waals surface area contributed by atoms with E-state index < -0.39 is 27.3 Å². The van der Waals surface area contributed by atoms with Gasteiger partial charge in [0.2, 0.25) is 5.91 Å². The second-order valence-corrected chi connectivity index (χ2v) is 9.54. The number of rotatable bonds is 4. The van der Waals surface area contributed by atoms with E-state index in [-0.39, 0.29) is 23.8 Å². The Kier molecular flexibility index (Phi) is 4.01. The fourth-order valence-corrected chi connectivity index (χ4v) is 5.47. The molecule has 2 aliphatic rings. The number of fused-ring (bicyclic) bond motifs is 2. The number of nitrogens with zero attached hydrogens (tertiary/aromatic N) is 1. The van der Waals surface area contributed by atoms with Crippen LogP contribution in [0.2, 0.25) is 0 Å². The average molecular weight is 400 g/mol. The molecule has 0 bridgehead atoms. The number of nitrogens with one attached hydrogen (secondary N) is 1. The van der Waals surface area contributed by atoms with E-state index >= 15 is 0 Å². The van der Waals surface area contributed by atoms with Crippen LogP contribution < -0.4 is 9.62 Å². The molecule has 0 saturated heterocycles. The van der Waals surface area contributed by atoms with Crippen LogP contribution in [0.4, 0.5) is 11.4 Å². The van der Waals surface area contributed by atoms with Gasteiger partial charge in [0.15, 0.2) is 0 Å². The lowest BCUT2D eigenvalue weighted by Crippen LogP contribution is -2.31. The minimum atomic E-state index is -3.91. The van der Waals surface area contributed by atoms with Gasteiger partial charge in [0.05, 0.1) is 22.4 Å². The Morgan fingerprint density at radius 2 is 1.96 bits per heavy atom. The lowest BCUT2D eigenvalue weighted by Gasteiger charge is -2.21. The highest BCUT2D eigenvalue weighted by Crippen LogP contribution is 2.43. The van der Waals surface area contributed by atoms with Crippen molar-refractivity contribution in [1.82, 2.24) is 0 Å². The van der Waals surface area contributed by atoms with E-state index in [0.717, 1.165) is 0 Å². The number of amides is 1. The van der Waals surface area contributed by atoms with Crippen LogP contribution in [0.25, 0.3) is 0 Å². The summed E-state index contributed by atoms with van der Waals surface area (Å²) in [7, 11) is -3.91. The predicted octanol–water partition coefficient (Wildman–Crippen LogP) is 2.68. The molecule has 0 spiro atoms. The van der Waals surface area contributed by atoms with Crippen molar-refractivity contribution in [2.75, 3.05) is 16.2 Å². The molecule has 2 N–H and O–H groups in total. The number of aliphatic carboxylic acids is 1. The highest BCUT2D eigenvalue weighted by Gasteiger charge is 2.41. The Morgan fingerprint density at radius 1 is 1.25 bits per heavy atom. The van der Waals surface area contributed by atoms with Crippen molar-refractivity contribution in [3.05, 3.63) is 53.6 Å². The number of benzene rings is 2. The normalized spacial score (nSPS) is 19.9. The third-order valence-corrected chi connectivity index (χ3v) is 7.30. The average Bonchev–Trinajstić information content (AvgIpc) is 3.10. The van der Waals surface area contributed by atoms with E-state index in [1.807, 2.05) is 0 Å². The molecular formula is C20H20N2O5S. The molecule has 2 heterocycles.